The van der Waals surface area contributed by atoms with E-state index in [1.165, 1.54) is 22.8 Å². The number of piperidine rings is 1. The van der Waals surface area contributed by atoms with Gasteiger partial charge in [-0.25, -0.2) is 9.97 Å². The van der Waals surface area contributed by atoms with E-state index in [9.17, 15) is 4.79 Å². The molecule has 0 radical (unpaired) electrons. The van der Waals surface area contributed by atoms with Crippen LogP contribution in [0, 0.1) is 11.3 Å². The predicted molar refractivity (Wildman–Crippen MR) is 131 cm³/mol. The highest BCUT2D eigenvalue weighted by Gasteiger charge is 2.40. The van der Waals surface area contributed by atoms with Gasteiger partial charge in [0.05, 0.1) is 0 Å². The molecule has 2 aliphatic heterocycles. The summed E-state index contributed by atoms with van der Waals surface area (Å²) in [4.78, 5) is 30.9. The first kappa shape index (κ1) is 21.8. The van der Waals surface area contributed by atoms with Crippen LogP contribution in [0.3, 0.4) is 0 Å². The van der Waals surface area contributed by atoms with Crippen LogP contribution in [0.5, 0.6) is 0 Å². The van der Waals surface area contributed by atoms with Crippen LogP contribution >= 0.6 is 0 Å². The monoisotopic (exact) mass is 443 g/mol. The van der Waals surface area contributed by atoms with Crippen molar-refractivity contribution in [2.45, 2.75) is 45.4 Å². The van der Waals surface area contributed by atoms with Gasteiger partial charge >= 0.3 is 0 Å². The Labute approximate surface area is 196 Å². The molecule has 6 nitrogen and oxygen atoms in total. The number of hydrogen-bond acceptors (Lipinski definition) is 5. The molecule has 0 aliphatic carbocycles. The molecule has 5 rings (SSSR count). The highest BCUT2D eigenvalue weighted by atomic mass is 16.2. The van der Waals surface area contributed by atoms with Crippen LogP contribution < -0.4 is 4.90 Å². The molecule has 33 heavy (non-hydrogen) atoms. The maximum atomic E-state index is 13.6. The number of amides is 1. The Kier molecular flexibility index (Phi) is 6.25. The Hall–Kier alpha value is -3.02. The minimum absolute atomic E-state index is 0.281. The van der Waals surface area contributed by atoms with E-state index in [-0.39, 0.29) is 5.41 Å². The van der Waals surface area contributed by atoms with Gasteiger partial charge in [0.15, 0.2) is 0 Å². The molecule has 0 N–H and O–H groups in total. The fourth-order valence-corrected chi connectivity index (χ4v) is 5.42. The number of rotatable bonds is 4. The van der Waals surface area contributed by atoms with Gasteiger partial charge in [-0.05, 0) is 73.6 Å². The maximum absolute atomic E-state index is 13.6. The Morgan fingerprint density at radius 2 is 1.82 bits per heavy atom. The maximum Gasteiger partial charge on any atom is 0.228 e. The van der Waals surface area contributed by atoms with Gasteiger partial charge in [-0.15, -0.1) is 0 Å². The molecular formula is C27H33N5O. The molecule has 2 aromatic heterocycles. The van der Waals surface area contributed by atoms with Crippen molar-refractivity contribution in [2.24, 2.45) is 11.3 Å². The summed E-state index contributed by atoms with van der Waals surface area (Å²) in [6.07, 6.45) is 13.5. The lowest BCUT2D eigenvalue weighted by molar-refractivity contribution is -0.142. The zero-order chi connectivity index (χ0) is 22.7. The Morgan fingerprint density at radius 3 is 2.64 bits per heavy atom. The third-order valence-electron chi connectivity index (χ3n) is 7.58. The highest BCUT2D eigenvalue weighted by Crippen LogP contribution is 2.35. The molecular weight excluding hydrogens is 410 g/mol. The average Bonchev–Trinajstić information content (AvgIpc) is 3.10. The van der Waals surface area contributed by atoms with Gasteiger partial charge in [-0.1, -0.05) is 19.1 Å². The topological polar surface area (TPSA) is 62.2 Å². The molecule has 3 aromatic rings. The van der Waals surface area contributed by atoms with Crippen LogP contribution in [0.2, 0.25) is 0 Å². The quantitative estimate of drug-likeness (QED) is 0.594. The van der Waals surface area contributed by atoms with Crippen molar-refractivity contribution in [2.75, 3.05) is 31.1 Å². The third-order valence-corrected chi connectivity index (χ3v) is 7.58. The van der Waals surface area contributed by atoms with Crippen molar-refractivity contribution < 1.29 is 4.79 Å². The van der Waals surface area contributed by atoms with Crippen molar-refractivity contribution >= 4 is 22.6 Å². The van der Waals surface area contributed by atoms with Gasteiger partial charge in [0.25, 0.3) is 0 Å². The summed E-state index contributed by atoms with van der Waals surface area (Å²) in [6, 6.07) is 10.6. The smallest absolute Gasteiger partial charge is 0.228 e. The van der Waals surface area contributed by atoms with Crippen molar-refractivity contribution in [3.8, 4) is 0 Å². The van der Waals surface area contributed by atoms with Gasteiger partial charge in [0.2, 0.25) is 11.9 Å². The Bertz CT molecular complexity index is 1090. The molecule has 1 aromatic carbocycles. The minimum Gasteiger partial charge on any atom is -0.342 e. The number of aromatic nitrogens is 3. The number of anilines is 1. The van der Waals surface area contributed by atoms with Crippen LogP contribution in [0.25, 0.3) is 10.8 Å². The Morgan fingerprint density at radius 1 is 1.00 bits per heavy atom. The standard InChI is InChI=1S/C27H33N5O/c1-27(9-16-32(17-10-27)26-29-11-3-12-30-26)25(33)31-14-2-4-21(8-15-31)18-22-5-6-23-7-13-28-20-24(23)19-22/h3,5-7,11-13,19-21H,2,4,8-10,14-18H2,1H3/t21-/m1/s1. The van der Waals surface area contributed by atoms with Crippen molar-refractivity contribution in [3.63, 3.8) is 0 Å². The molecule has 0 unspecified atom stereocenters. The van der Waals surface area contributed by atoms with Gasteiger partial charge in [0.1, 0.15) is 0 Å². The number of carbonyl (C=O) groups excluding carboxylic acids is 1. The lowest BCUT2D eigenvalue weighted by Crippen LogP contribution is -2.49. The summed E-state index contributed by atoms with van der Waals surface area (Å²) >= 11 is 0. The summed E-state index contributed by atoms with van der Waals surface area (Å²) in [7, 11) is 0. The van der Waals surface area contributed by atoms with E-state index in [1.54, 1.807) is 12.4 Å². The summed E-state index contributed by atoms with van der Waals surface area (Å²) in [5.74, 6) is 1.74. The SMILES string of the molecule is CC1(C(=O)N2CCC[C@@H](Cc3ccc4ccncc4c3)CC2)CCN(c2ncccn2)CC1. The molecule has 2 saturated heterocycles. The summed E-state index contributed by atoms with van der Waals surface area (Å²) < 4.78 is 0. The largest absolute Gasteiger partial charge is 0.342 e. The van der Waals surface area contributed by atoms with E-state index in [0.29, 0.717) is 11.8 Å². The van der Waals surface area contributed by atoms with E-state index >= 15 is 0 Å². The van der Waals surface area contributed by atoms with E-state index in [0.717, 1.165) is 64.2 Å². The number of nitrogens with zero attached hydrogens (tertiary/aromatic N) is 5. The van der Waals surface area contributed by atoms with Crippen LogP contribution in [-0.4, -0.2) is 51.9 Å². The van der Waals surface area contributed by atoms with Gasteiger partial charge in [-0.3, -0.25) is 9.78 Å². The zero-order valence-electron chi connectivity index (χ0n) is 19.5. The third kappa shape index (κ3) is 4.85. The number of benzene rings is 1. The van der Waals surface area contributed by atoms with Crippen LogP contribution in [0.4, 0.5) is 5.95 Å². The van der Waals surface area contributed by atoms with E-state index < -0.39 is 0 Å². The first-order valence-electron chi connectivity index (χ1n) is 12.2. The summed E-state index contributed by atoms with van der Waals surface area (Å²) in [6.45, 7) is 5.58. The lowest BCUT2D eigenvalue weighted by Gasteiger charge is -2.41. The molecule has 1 amide bonds. The van der Waals surface area contributed by atoms with Crippen LogP contribution in [0.1, 0.15) is 44.6 Å². The number of hydrogen-bond donors (Lipinski definition) is 0. The molecule has 2 aliphatic rings. The molecule has 1 atom stereocenters. The molecule has 0 saturated carbocycles. The highest BCUT2D eigenvalue weighted by molar-refractivity contribution is 5.83. The fraction of sp³-hybridized carbons (Fsp3) is 0.481. The second kappa shape index (κ2) is 9.46. The van der Waals surface area contributed by atoms with Gasteiger partial charge in [0, 0.05) is 61.8 Å². The van der Waals surface area contributed by atoms with E-state index in [1.807, 2.05) is 18.5 Å². The second-order valence-electron chi connectivity index (χ2n) is 9.95. The number of likely N-dealkylation sites (tertiary alicyclic amines) is 1. The number of pyridine rings is 1. The summed E-state index contributed by atoms with van der Waals surface area (Å²) in [5.41, 5.74) is 1.10. The van der Waals surface area contributed by atoms with E-state index in [4.69, 9.17) is 0 Å². The predicted octanol–water partition coefficient (Wildman–Crippen LogP) is 4.50. The minimum atomic E-state index is -0.281. The average molecular weight is 444 g/mol. The molecule has 4 heterocycles. The van der Waals surface area contributed by atoms with Crippen LogP contribution in [-0.2, 0) is 11.2 Å². The fourth-order valence-electron chi connectivity index (χ4n) is 5.42. The lowest BCUT2D eigenvalue weighted by atomic mass is 9.79. The second-order valence-corrected chi connectivity index (χ2v) is 9.95. The normalized spacial score (nSPS) is 21.1. The molecule has 2 fully saturated rings. The first-order valence-corrected chi connectivity index (χ1v) is 12.2. The number of carbonyl (C=O) groups is 1. The molecule has 6 heteroatoms. The van der Waals surface area contributed by atoms with Gasteiger partial charge in [-0.2, -0.15) is 0 Å². The van der Waals surface area contributed by atoms with Crippen molar-refractivity contribution in [3.05, 3.63) is 60.7 Å². The van der Waals surface area contributed by atoms with Crippen molar-refractivity contribution in [1.82, 2.24) is 19.9 Å². The molecule has 0 bridgehead atoms. The van der Waals surface area contributed by atoms with Crippen LogP contribution in [0.15, 0.2) is 55.1 Å². The molecule has 172 valence electrons. The van der Waals surface area contributed by atoms with E-state index in [2.05, 4.69) is 55.9 Å². The Balaban J connectivity index is 1.17. The first-order chi connectivity index (χ1) is 16.1. The molecule has 0 spiro atoms. The summed E-state index contributed by atoms with van der Waals surface area (Å²) in [5, 5.41) is 2.45. The zero-order valence-corrected chi connectivity index (χ0v) is 19.5. The van der Waals surface area contributed by atoms with Crippen molar-refractivity contribution in [1.29, 1.82) is 0 Å². The van der Waals surface area contributed by atoms with Gasteiger partial charge < -0.3 is 9.80 Å². The number of fused-ring (bicyclic) bond motifs is 1.